The molecule has 0 amide bonds. The fourth-order valence-electron chi connectivity index (χ4n) is 3.34. The molecule has 106 valence electrons. The molecule has 1 N–H and O–H groups in total. The Labute approximate surface area is 114 Å². The standard InChI is InChI=1S/C14H28N2OS/c1-18(17)11-10-16-9-5-8-15-14(12-16)13-6-3-2-4-7-13/h13-15H,2-12H2,1H3. The molecule has 0 aromatic carbocycles. The summed E-state index contributed by atoms with van der Waals surface area (Å²) in [6.07, 6.45) is 10.1. The molecule has 2 atom stereocenters. The highest BCUT2D eigenvalue weighted by molar-refractivity contribution is 7.84. The van der Waals surface area contributed by atoms with Crippen molar-refractivity contribution >= 4 is 10.8 Å². The van der Waals surface area contributed by atoms with E-state index < -0.39 is 10.8 Å². The smallest absolute Gasteiger partial charge is 0.0359 e. The molecule has 1 saturated carbocycles. The predicted molar refractivity (Wildman–Crippen MR) is 78.4 cm³/mol. The maximum absolute atomic E-state index is 11.2. The second-order valence-corrected chi connectivity index (χ2v) is 7.44. The molecular weight excluding hydrogens is 244 g/mol. The van der Waals surface area contributed by atoms with Gasteiger partial charge in [-0.15, -0.1) is 0 Å². The minimum Gasteiger partial charge on any atom is -0.312 e. The number of nitrogens with zero attached hydrogens (tertiary/aromatic N) is 1. The average Bonchev–Trinajstić information content (AvgIpc) is 2.63. The maximum atomic E-state index is 11.2. The number of rotatable bonds is 4. The van der Waals surface area contributed by atoms with Crippen LogP contribution in [0.1, 0.15) is 38.5 Å². The summed E-state index contributed by atoms with van der Waals surface area (Å²) < 4.78 is 11.2. The van der Waals surface area contributed by atoms with E-state index in [0.717, 1.165) is 24.8 Å². The average molecular weight is 272 g/mol. The molecule has 1 saturated heterocycles. The van der Waals surface area contributed by atoms with Crippen molar-refractivity contribution in [2.75, 3.05) is 38.2 Å². The van der Waals surface area contributed by atoms with Gasteiger partial charge in [-0.25, -0.2) is 0 Å². The Balaban J connectivity index is 1.83. The summed E-state index contributed by atoms with van der Waals surface area (Å²) in [6.45, 7) is 4.51. The molecule has 2 rings (SSSR count). The third-order valence-electron chi connectivity index (χ3n) is 4.43. The van der Waals surface area contributed by atoms with E-state index in [9.17, 15) is 4.21 Å². The molecule has 18 heavy (non-hydrogen) atoms. The third kappa shape index (κ3) is 4.63. The second kappa shape index (κ2) is 7.61. The zero-order valence-electron chi connectivity index (χ0n) is 11.7. The van der Waals surface area contributed by atoms with Gasteiger partial charge in [-0.05, 0) is 38.3 Å². The van der Waals surface area contributed by atoms with E-state index in [1.807, 2.05) is 6.26 Å². The highest BCUT2D eigenvalue weighted by Gasteiger charge is 2.26. The highest BCUT2D eigenvalue weighted by Crippen LogP contribution is 2.27. The number of hydrogen-bond donors (Lipinski definition) is 1. The molecular formula is C14H28N2OS. The van der Waals surface area contributed by atoms with Crippen molar-refractivity contribution in [3.8, 4) is 0 Å². The summed E-state index contributed by atoms with van der Waals surface area (Å²) in [6, 6.07) is 0.679. The Hall–Kier alpha value is 0.0700. The van der Waals surface area contributed by atoms with Gasteiger partial charge < -0.3 is 10.2 Å². The van der Waals surface area contributed by atoms with Gasteiger partial charge in [0.15, 0.2) is 0 Å². The first-order valence-electron chi connectivity index (χ1n) is 7.51. The lowest BCUT2D eigenvalue weighted by molar-refractivity contribution is 0.213. The first kappa shape index (κ1) is 14.5. The molecule has 0 aromatic heterocycles. The fourth-order valence-corrected chi connectivity index (χ4v) is 3.85. The van der Waals surface area contributed by atoms with Gasteiger partial charge in [-0.3, -0.25) is 4.21 Å². The molecule has 4 heteroatoms. The van der Waals surface area contributed by atoms with Gasteiger partial charge in [0.25, 0.3) is 0 Å². The van der Waals surface area contributed by atoms with Crippen molar-refractivity contribution in [1.29, 1.82) is 0 Å². The van der Waals surface area contributed by atoms with Crippen LogP contribution in [0.5, 0.6) is 0 Å². The number of hydrogen-bond acceptors (Lipinski definition) is 3. The normalized spacial score (nSPS) is 29.9. The van der Waals surface area contributed by atoms with Crippen LogP contribution in [0.2, 0.25) is 0 Å². The monoisotopic (exact) mass is 272 g/mol. The van der Waals surface area contributed by atoms with Gasteiger partial charge in [-0.1, -0.05) is 19.3 Å². The van der Waals surface area contributed by atoms with E-state index in [0.29, 0.717) is 6.04 Å². The quantitative estimate of drug-likeness (QED) is 0.844. The Kier molecular flexibility index (Phi) is 6.12. The van der Waals surface area contributed by atoms with E-state index in [2.05, 4.69) is 10.2 Å². The van der Waals surface area contributed by atoms with Crippen molar-refractivity contribution in [3.05, 3.63) is 0 Å². The summed E-state index contributed by atoms with van der Waals surface area (Å²) in [7, 11) is -0.651. The zero-order valence-corrected chi connectivity index (χ0v) is 12.5. The Bertz CT molecular complexity index is 267. The molecule has 0 spiro atoms. The van der Waals surface area contributed by atoms with Crippen molar-refractivity contribution in [3.63, 3.8) is 0 Å². The molecule has 3 nitrogen and oxygen atoms in total. The number of nitrogens with one attached hydrogen (secondary N) is 1. The van der Waals surface area contributed by atoms with Crippen LogP contribution in [-0.2, 0) is 10.8 Å². The maximum Gasteiger partial charge on any atom is 0.0359 e. The van der Waals surface area contributed by atoms with E-state index in [1.54, 1.807) is 0 Å². The first-order valence-corrected chi connectivity index (χ1v) is 9.24. The van der Waals surface area contributed by atoms with E-state index in [1.165, 1.54) is 51.6 Å². The molecule has 2 aliphatic rings. The van der Waals surface area contributed by atoms with Crippen molar-refractivity contribution in [2.45, 2.75) is 44.6 Å². The van der Waals surface area contributed by atoms with Crippen LogP contribution >= 0.6 is 0 Å². The molecule has 1 aliphatic heterocycles. The molecule has 1 heterocycles. The topological polar surface area (TPSA) is 32.3 Å². The molecule has 2 unspecified atom stereocenters. The molecule has 1 aliphatic carbocycles. The van der Waals surface area contributed by atoms with Gasteiger partial charge >= 0.3 is 0 Å². The van der Waals surface area contributed by atoms with Crippen molar-refractivity contribution < 1.29 is 4.21 Å². The zero-order chi connectivity index (χ0) is 12.8. The lowest BCUT2D eigenvalue weighted by Crippen LogP contribution is -2.44. The van der Waals surface area contributed by atoms with Gasteiger partial charge in [0.1, 0.15) is 0 Å². The summed E-state index contributed by atoms with van der Waals surface area (Å²) in [5, 5.41) is 3.75. The van der Waals surface area contributed by atoms with Crippen LogP contribution in [0.15, 0.2) is 0 Å². The molecule has 2 fully saturated rings. The van der Waals surface area contributed by atoms with Gasteiger partial charge in [-0.2, -0.15) is 0 Å². The Morgan fingerprint density at radius 1 is 1.22 bits per heavy atom. The minimum absolute atomic E-state index is 0.651. The fraction of sp³-hybridized carbons (Fsp3) is 1.00. The summed E-state index contributed by atoms with van der Waals surface area (Å²) >= 11 is 0. The Morgan fingerprint density at radius 2 is 2.00 bits per heavy atom. The Morgan fingerprint density at radius 3 is 2.72 bits per heavy atom. The summed E-state index contributed by atoms with van der Waals surface area (Å²) in [4.78, 5) is 2.53. The summed E-state index contributed by atoms with van der Waals surface area (Å²) in [5.41, 5.74) is 0. The van der Waals surface area contributed by atoms with Gasteiger partial charge in [0.2, 0.25) is 0 Å². The SMILES string of the molecule is CS(=O)CCN1CCCNC(C2CCCCC2)C1. The molecule has 0 aromatic rings. The van der Waals surface area contributed by atoms with E-state index >= 15 is 0 Å². The first-order chi connectivity index (χ1) is 8.75. The lowest BCUT2D eigenvalue weighted by Gasteiger charge is -2.32. The van der Waals surface area contributed by atoms with Crippen LogP contribution in [-0.4, -0.2) is 53.3 Å². The van der Waals surface area contributed by atoms with Crippen LogP contribution in [0.4, 0.5) is 0 Å². The van der Waals surface area contributed by atoms with E-state index in [4.69, 9.17) is 0 Å². The van der Waals surface area contributed by atoms with Crippen LogP contribution in [0, 0.1) is 5.92 Å². The largest absolute Gasteiger partial charge is 0.312 e. The van der Waals surface area contributed by atoms with Crippen LogP contribution < -0.4 is 5.32 Å². The highest BCUT2D eigenvalue weighted by atomic mass is 32.2. The van der Waals surface area contributed by atoms with Crippen LogP contribution in [0.25, 0.3) is 0 Å². The van der Waals surface area contributed by atoms with Gasteiger partial charge in [0, 0.05) is 41.9 Å². The lowest BCUT2D eigenvalue weighted by atomic mass is 9.83. The molecule has 0 radical (unpaired) electrons. The predicted octanol–water partition coefficient (Wildman–Crippen LogP) is 1.61. The third-order valence-corrected chi connectivity index (χ3v) is 5.18. The second-order valence-electron chi connectivity index (χ2n) is 5.89. The van der Waals surface area contributed by atoms with Crippen molar-refractivity contribution in [2.24, 2.45) is 5.92 Å². The van der Waals surface area contributed by atoms with E-state index in [-0.39, 0.29) is 0 Å². The van der Waals surface area contributed by atoms with Crippen molar-refractivity contribution in [1.82, 2.24) is 10.2 Å². The summed E-state index contributed by atoms with van der Waals surface area (Å²) in [5.74, 6) is 1.71. The van der Waals surface area contributed by atoms with Crippen LogP contribution in [0.3, 0.4) is 0 Å². The van der Waals surface area contributed by atoms with Gasteiger partial charge in [0.05, 0.1) is 0 Å². The minimum atomic E-state index is -0.651. The molecule has 0 bridgehead atoms.